The van der Waals surface area contributed by atoms with Gasteiger partial charge in [-0.15, -0.1) is 0 Å². The fourth-order valence-corrected chi connectivity index (χ4v) is 5.05. The van der Waals surface area contributed by atoms with Crippen molar-refractivity contribution in [1.29, 1.82) is 0 Å². The molecule has 168 valence electrons. The van der Waals surface area contributed by atoms with Gasteiger partial charge in [-0.2, -0.15) is 0 Å². The third-order valence-electron chi connectivity index (χ3n) is 7.16. The number of para-hydroxylation sites is 3. The lowest BCUT2D eigenvalue weighted by Gasteiger charge is -2.20. The Bertz CT molecular complexity index is 1360. The van der Waals surface area contributed by atoms with Crippen LogP contribution in [0.1, 0.15) is 46.0 Å². The van der Waals surface area contributed by atoms with E-state index in [1.54, 1.807) is 23.1 Å². The first kappa shape index (κ1) is 21.4. The lowest BCUT2D eigenvalue weighted by atomic mass is 9.94. The number of anilines is 1. The van der Waals surface area contributed by atoms with Crippen molar-refractivity contribution in [3.8, 4) is 0 Å². The van der Waals surface area contributed by atoms with Crippen LogP contribution in [0.2, 0.25) is 0 Å². The van der Waals surface area contributed by atoms with E-state index in [-0.39, 0.29) is 17.6 Å². The van der Waals surface area contributed by atoms with Crippen LogP contribution in [0.3, 0.4) is 0 Å². The van der Waals surface area contributed by atoms with E-state index in [9.17, 15) is 9.18 Å². The molecule has 5 rings (SSSR count). The number of carbonyl (C=O) groups excluding carboxylic acids is 1. The van der Waals surface area contributed by atoms with Crippen LogP contribution in [0.15, 0.2) is 54.6 Å². The van der Waals surface area contributed by atoms with Crippen LogP contribution in [0.4, 0.5) is 10.1 Å². The molecule has 2 heterocycles. The van der Waals surface area contributed by atoms with E-state index in [2.05, 4.69) is 44.4 Å². The third-order valence-corrected chi connectivity index (χ3v) is 7.16. The molecule has 0 aliphatic carbocycles. The van der Waals surface area contributed by atoms with Crippen molar-refractivity contribution in [2.75, 3.05) is 11.4 Å². The van der Waals surface area contributed by atoms with E-state index < -0.39 is 0 Å². The maximum atomic E-state index is 14.4. The van der Waals surface area contributed by atoms with E-state index in [1.807, 2.05) is 18.2 Å². The highest BCUT2D eigenvalue weighted by Crippen LogP contribution is 2.35. The molecular formula is C28H28FN3O. The zero-order valence-corrected chi connectivity index (χ0v) is 19.5. The van der Waals surface area contributed by atoms with E-state index in [0.717, 1.165) is 16.9 Å². The lowest BCUT2D eigenvalue weighted by molar-refractivity contribution is -0.117. The molecule has 3 aromatic carbocycles. The largest absolute Gasteiger partial charge is 0.323 e. The summed E-state index contributed by atoms with van der Waals surface area (Å²) in [7, 11) is 0. The normalized spacial score (nSPS) is 16.2. The number of nitrogens with zero attached hydrogens (tertiary/aromatic N) is 3. The van der Waals surface area contributed by atoms with Gasteiger partial charge in [0.15, 0.2) is 0 Å². The first-order valence-corrected chi connectivity index (χ1v) is 11.4. The number of rotatable bonds is 4. The molecule has 1 aliphatic rings. The fraction of sp³-hybridized carbons (Fsp3) is 0.286. The number of benzene rings is 3. The van der Waals surface area contributed by atoms with E-state index in [4.69, 9.17) is 4.98 Å². The SMILES string of the molecule is Cc1cc(C)c(C)c(Cn2c([C@@H]3CC(=O)N(c4ccccc4F)C3)nc3ccccc32)c1C. The second-order valence-electron chi connectivity index (χ2n) is 9.14. The average Bonchev–Trinajstić information content (AvgIpc) is 3.36. The van der Waals surface area contributed by atoms with Gasteiger partial charge in [-0.05, 0) is 79.8 Å². The van der Waals surface area contributed by atoms with Crippen LogP contribution in [0.5, 0.6) is 0 Å². The van der Waals surface area contributed by atoms with Crippen molar-refractivity contribution in [3.63, 3.8) is 0 Å². The van der Waals surface area contributed by atoms with Gasteiger partial charge in [-0.1, -0.05) is 30.3 Å². The van der Waals surface area contributed by atoms with Crippen molar-refractivity contribution in [3.05, 3.63) is 94.1 Å². The summed E-state index contributed by atoms with van der Waals surface area (Å²) in [5, 5.41) is 0. The summed E-state index contributed by atoms with van der Waals surface area (Å²) in [4.78, 5) is 19.5. The first-order chi connectivity index (χ1) is 15.8. The Labute approximate surface area is 193 Å². The van der Waals surface area contributed by atoms with Crippen molar-refractivity contribution >= 4 is 22.6 Å². The molecule has 33 heavy (non-hydrogen) atoms. The van der Waals surface area contributed by atoms with Crippen molar-refractivity contribution in [2.45, 2.75) is 46.6 Å². The number of aryl methyl sites for hydroxylation is 2. The van der Waals surface area contributed by atoms with Crippen LogP contribution in [-0.4, -0.2) is 22.0 Å². The van der Waals surface area contributed by atoms with Crippen LogP contribution >= 0.6 is 0 Å². The second-order valence-corrected chi connectivity index (χ2v) is 9.14. The van der Waals surface area contributed by atoms with Gasteiger partial charge >= 0.3 is 0 Å². The highest BCUT2D eigenvalue weighted by molar-refractivity contribution is 5.96. The molecule has 1 fully saturated rings. The minimum atomic E-state index is -0.374. The van der Waals surface area contributed by atoms with E-state index in [1.165, 1.54) is 33.9 Å². The average molecular weight is 442 g/mol. The Balaban J connectivity index is 1.59. The first-order valence-electron chi connectivity index (χ1n) is 11.4. The lowest BCUT2D eigenvalue weighted by Crippen LogP contribution is -2.25. The van der Waals surface area contributed by atoms with Crippen molar-refractivity contribution < 1.29 is 9.18 Å². The highest BCUT2D eigenvalue weighted by atomic mass is 19.1. The third kappa shape index (κ3) is 3.62. The van der Waals surface area contributed by atoms with Gasteiger partial charge in [0.2, 0.25) is 5.91 Å². The zero-order chi connectivity index (χ0) is 23.3. The summed E-state index contributed by atoms with van der Waals surface area (Å²) >= 11 is 0. The van der Waals surface area contributed by atoms with Crippen LogP contribution in [0.25, 0.3) is 11.0 Å². The fourth-order valence-electron chi connectivity index (χ4n) is 5.05. The molecule has 0 saturated carbocycles. The van der Waals surface area contributed by atoms with Crippen LogP contribution in [0, 0.1) is 33.5 Å². The van der Waals surface area contributed by atoms with Crippen molar-refractivity contribution in [2.24, 2.45) is 0 Å². The molecule has 0 radical (unpaired) electrons. The number of aromatic nitrogens is 2. The monoisotopic (exact) mass is 441 g/mol. The van der Waals surface area contributed by atoms with E-state index >= 15 is 0 Å². The smallest absolute Gasteiger partial charge is 0.227 e. The molecule has 0 spiro atoms. The number of hydrogen-bond acceptors (Lipinski definition) is 2. The molecule has 0 unspecified atom stereocenters. The Kier molecular flexibility index (Phi) is 5.28. The Morgan fingerprint density at radius 2 is 1.64 bits per heavy atom. The predicted octanol–water partition coefficient (Wildman–Crippen LogP) is 5.98. The van der Waals surface area contributed by atoms with Crippen LogP contribution in [-0.2, 0) is 11.3 Å². The van der Waals surface area contributed by atoms with Gasteiger partial charge < -0.3 is 9.47 Å². The quantitative estimate of drug-likeness (QED) is 0.391. The van der Waals surface area contributed by atoms with Gasteiger partial charge in [0.05, 0.1) is 16.7 Å². The summed E-state index contributed by atoms with van der Waals surface area (Å²) in [5.41, 5.74) is 8.75. The maximum Gasteiger partial charge on any atom is 0.227 e. The number of imidazole rings is 1. The number of fused-ring (bicyclic) bond motifs is 1. The standard InChI is InChI=1S/C28H28FN3O/c1-17-13-18(2)20(4)22(19(17)3)16-32-26-12-8-6-10-24(26)30-28(32)21-14-27(33)31(15-21)25-11-7-5-9-23(25)29/h5-13,21H,14-16H2,1-4H3/t21-/m1/s1. The molecule has 1 saturated heterocycles. The van der Waals surface area contributed by atoms with Crippen molar-refractivity contribution in [1.82, 2.24) is 9.55 Å². The van der Waals surface area contributed by atoms with Gasteiger partial charge in [0.25, 0.3) is 0 Å². The van der Waals surface area contributed by atoms with Crippen LogP contribution < -0.4 is 4.90 Å². The minimum Gasteiger partial charge on any atom is -0.323 e. The molecule has 1 aliphatic heterocycles. The number of halogens is 1. The summed E-state index contributed by atoms with van der Waals surface area (Å²) in [6, 6.07) is 16.8. The number of hydrogen-bond donors (Lipinski definition) is 0. The maximum absolute atomic E-state index is 14.4. The summed E-state index contributed by atoms with van der Waals surface area (Å²) in [6.07, 6.45) is 0.322. The number of amides is 1. The van der Waals surface area contributed by atoms with Gasteiger partial charge in [0.1, 0.15) is 11.6 Å². The molecule has 4 aromatic rings. The molecular weight excluding hydrogens is 413 g/mol. The van der Waals surface area contributed by atoms with E-state index in [0.29, 0.717) is 25.2 Å². The summed E-state index contributed by atoms with van der Waals surface area (Å²) in [6.45, 7) is 9.78. The topological polar surface area (TPSA) is 38.1 Å². The Morgan fingerprint density at radius 1 is 0.970 bits per heavy atom. The zero-order valence-electron chi connectivity index (χ0n) is 19.5. The molecule has 1 atom stereocenters. The molecule has 1 aromatic heterocycles. The molecule has 0 N–H and O–H groups in total. The second kappa shape index (κ2) is 8.14. The molecule has 0 bridgehead atoms. The molecule has 4 nitrogen and oxygen atoms in total. The summed E-state index contributed by atoms with van der Waals surface area (Å²) < 4.78 is 16.7. The minimum absolute atomic E-state index is 0.0672. The highest BCUT2D eigenvalue weighted by Gasteiger charge is 2.36. The Hall–Kier alpha value is -3.47. The van der Waals surface area contributed by atoms with Gasteiger partial charge in [-0.3, -0.25) is 4.79 Å². The van der Waals surface area contributed by atoms with Gasteiger partial charge in [-0.25, -0.2) is 9.37 Å². The number of carbonyl (C=O) groups is 1. The molecule has 5 heteroatoms. The Morgan fingerprint density at radius 3 is 2.36 bits per heavy atom. The van der Waals surface area contributed by atoms with Gasteiger partial charge in [0, 0.05) is 25.4 Å². The summed E-state index contributed by atoms with van der Waals surface area (Å²) in [5.74, 6) is 0.348. The molecule has 1 amide bonds. The predicted molar refractivity (Wildman–Crippen MR) is 130 cm³/mol.